The SMILES string of the molecule is CC[C@H](C)[C@H](NC(=O)[C@@H](N)CCCNC(=N)N)C(=O)N[C@@H](CC(N)=O)C(=O)N[C@H](C(=O)N[C@@H](CCC(N)=O)C(=O)N[C@@H](Cc1c[nH]c2ccccc12)C(=O)N[C@@H](CC(C)C)C(=O)N[C@@H](CC(C)C)C(=O)N[C@H](C(=O)N[C@@H](CO)C(=O)NCC(=O)N[C@H](C(=O)N[C@H](C(=O)N[C@@H](CCC(=O)O)C(=O)N[C@@H](C)C(=O)N[C@@H](CC(N)=O)C(=O)N[C@@H](C)C(=O)N[C@@H](Cc1c[nH]c2ccccc12)C(=O)O)[C@@H](C)O)[C@@H](C)O)[C@@H](C)O)[C@@H](C)O. The zero-order chi connectivity index (χ0) is 110. The van der Waals surface area contributed by atoms with Crippen LogP contribution in [0.3, 0.4) is 0 Å². The number of guanidine groups is 1. The number of carboxylic acid groups (broad SMARTS) is 2. The smallest absolute Gasteiger partial charge is 0.326 e. The molecule has 0 spiro atoms. The predicted molar refractivity (Wildman–Crippen MR) is 519 cm³/mol. The van der Waals surface area contributed by atoms with Crippen molar-refractivity contribution in [2.45, 2.75) is 294 Å². The van der Waals surface area contributed by atoms with Crippen molar-refractivity contribution >= 4 is 158 Å². The third-order valence-electron chi connectivity index (χ3n) is 22.9. The lowest BCUT2D eigenvalue weighted by Crippen LogP contribution is -2.63. The molecule has 55 heteroatoms. The van der Waals surface area contributed by atoms with Crippen molar-refractivity contribution in [1.29, 1.82) is 5.41 Å². The molecule has 38 N–H and O–H groups in total. The molecule has 0 bridgehead atoms. The predicted octanol–water partition coefficient (Wildman–Crippen LogP) is -10.4. The number of nitrogens with one attached hydrogen (secondary N) is 21. The van der Waals surface area contributed by atoms with E-state index in [1.165, 1.54) is 6.20 Å². The van der Waals surface area contributed by atoms with Gasteiger partial charge in [-0.25, -0.2) is 4.79 Å². The number of para-hydroxylation sites is 2. The third-order valence-corrected chi connectivity index (χ3v) is 22.9. The second kappa shape index (κ2) is 59.8. The lowest BCUT2D eigenvalue weighted by atomic mass is 9.97. The molecular formula is C91H140N26O29. The molecule has 0 aliphatic heterocycles. The highest BCUT2D eigenvalue weighted by Gasteiger charge is 2.42. The summed E-state index contributed by atoms with van der Waals surface area (Å²) in [4.78, 5) is 305. The Morgan fingerprint density at radius 3 is 1.12 bits per heavy atom. The minimum Gasteiger partial charge on any atom is -0.481 e. The van der Waals surface area contributed by atoms with Crippen LogP contribution in [0.4, 0.5) is 0 Å². The number of rotatable bonds is 64. The van der Waals surface area contributed by atoms with E-state index in [1.54, 1.807) is 96.3 Å². The number of nitrogens with two attached hydrogens (primary N) is 5. The van der Waals surface area contributed by atoms with Gasteiger partial charge < -0.3 is 170 Å². The Balaban J connectivity index is 1.49. The molecule has 4 rings (SSSR count). The van der Waals surface area contributed by atoms with Crippen LogP contribution >= 0.6 is 0 Å². The van der Waals surface area contributed by atoms with E-state index in [9.17, 15) is 136 Å². The van der Waals surface area contributed by atoms with Gasteiger partial charge in [-0.1, -0.05) is 84.4 Å². The topological polar surface area (TPSA) is 919 Å². The van der Waals surface area contributed by atoms with Gasteiger partial charge in [-0.2, -0.15) is 0 Å². The normalized spacial score (nSPS) is 15.8. The first-order valence-electron chi connectivity index (χ1n) is 47.1. The second-order valence-electron chi connectivity index (χ2n) is 36.3. The number of benzene rings is 2. The van der Waals surface area contributed by atoms with E-state index < -0.39 is 327 Å². The fraction of sp³-hybridized carbons (Fsp3) is 0.571. The van der Waals surface area contributed by atoms with Gasteiger partial charge in [-0.15, -0.1) is 0 Å². The van der Waals surface area contributed by atoms with E-state index >= 15 is 4.79 Å². The zero-order valence-corrected chi connectivity index (χ0v) is 82.9. The van der Waals surface area contributed by atoms with Gasteiger partial charge >= 0.3 is 11.9 Å². The van der Waals surface area contributed by atoms with Gasteiger partial charge in [0.1, 0.15) is 96.7 Å². The summed E-state index contributed by atoms with van der Waals surface area (Å²) in [5.41, 5.74) is 30.0. The summed E-state index contributed by atoms with van der Waals surface area (Å²) in [7, 11) is 0. The minimum absolute atomic E-state index is 0.0845. The van der Waals surface area contributed by atoms with Crippen molar-refractivity contribution in [3.05, 3.63) is 72.1 Å². The Kier molecular flexibility index (Phi) is 50.5. The van der Waals surface area contributed by atoms with Crippen molar-refractivity contribution in [3.8, 4) is 0 Å². The van der Waals surface area contributed by atoms with E-state index in [0.29, 0.717) is 32.9 Å². The molecule has 4 aromatic rings. The van der Waals surface area contributed by atoms with Crippen LogP contribution in [0, 0.1) is 23.2 Å². The number of aliphatic hydroxyl groups is 5. The molecule has 20 amide bonds. The van der Waals surface area contributed by atoms with Crippen LogP contribution in [0.5, 0.6) is 0 Å². The highest BCUT2D eigenvalue weighted by molar-refractivity contribution is 6.03. The summed E-state index contributed by atoms with van der Waals surface area (Å²) in [6.45, 7) is 13.9. The molecule has 22 atom stereocenters. The van der Waals surface area contributed by atoms with Gasteiger partial charge in [0.25, 0.3) is 0 Å². The van der Waals surface area contributed by atoms with Gasteiger partial charge in [0.2, 0.25) is 118 Å². The molecule has 0 aliphatic rings. The number of aliphatic hydroxyl groups excluding tert-OH is 5. The number of carbonyl (C=O) groups is 22. The molecule has 0 saturated heterocycles. The molecule has 0 unspecified atom stereocenters. The summed E-state index contributed by atoms with van der Waals surface area (Å²) in [6.07, 6.45) is -9.28. The quantitative estimate of drug-likeness (QED) is 0.0111. The molecule has 55 nitrogen and oxygen atoms in total. The summed E-state index contributed by atoms with van der Waals surface area (Å²) < 4.78 is 0. The molecule has 808 valence electrons. The van der Waals surface area contributed by atoms with Crippen LogP contribution in [0.2, 0.25) is 0 Å². The number of aromatic amines is 2. The molecule has 0 fully saturated rings. The first-order valence-corrected chi connectivity index (χ1v) is 47.1. The van der Waals surface area contributed by atoms with Crippen molar-refractivity contribution in [2.24, 2.45) is 46.4 Å². The number of amides is 20. The molecule has 0 saturated carbocycles. The average molecular weight is 2060 g/mol. The molecular weight excluding hydrogens is 1920 g/mol. The van der Waals surface area contributed by atoms with Gasteiger partial charge in [-0.3, -0.25) is 106 Å². The number of aromatic nitrogens is 2. The number of primary amides is 3. The van der Waals surface area contributed by atoms with Crippen LogP contribution in [-0.4, -0.2) is 329 Å². The Morgan fingerprint density at radius 1 is 0.363 bits per heavy atom. The number of hydrogen-bond acceptors (Lipinski definition) is 29. The van der Waals surface area contributed by atoms with E-state index in [0.717, 1.165) is 41.5 Å². The van der Waals surface area contributed by atoms with Gasteiger partial charge in [0.15, 0.2) is 5.96 Å². The van der Waals surface area contributed by atoms with Crippen LogP contribution < -0.4 is 124 Å². The third kappa shape index (κ3) is 41.0. The lowest BCUT2D eigenvalue weighted by Gasteiger charge is -2.30. The number of hydrogen-bond donors (Lipinski definition) is 33. The fourth-order valence-electron chi connectivity index (χ4n) is 14.7. The number of fused-ring (bicyclic) bond motifs is 2. The monoisotopic (exact) mass is 2060 g/mol. The highest BCUT2D eigenvalue weighted by atomic mass is 16.4. The number of H-pyrrole nitrogens is 2. The first-order chi connectivity index (χ1) is 68.4. The number of carboxylic acids is 2. The van der Waals surface area contributed by atoms with Gasteiger partial charge in [-0.05, 0) is 121 Å². The number of carbonyl (C=O) groups excluding carboxylic acids is 20. The van der Waals surface area contributed by atoms with Gasteiger partial charge in [0, 0.05) is 66.4 Å². The molecule has 0 radical (unpaired) electrons. The molecule has 2 aromatic heterocycles. The van der Waals surface area contributed by atoms with E-state index in [1.807, 2.05) is 0 Å². The molecule has 2 heterocycles. The largest absolute Gasteiger partial charge is 0.481 e. The standard InChI is InChI=1S/C91H140N26O29/c1-13-41(6)69(114-76(131)52(92)21-18-28-98-91(96)97)85(140)110-61(34-66(95)125)84(139)116-71(45(10)120)86(141)104-55(24-26-64(93)123)79(134)109-59(31-48-35-99-53-22-16-14-19-50(48)53)82(137)107-57(29-39(2)3)81(136)108-58(30-40(4)5)83(138)115-72(46(11)121)88(143)112-63(38-118)77(132)101-37-67(126)113-70(44(9)119)89(144)117-73(47(12)122)87(142)105-56(25-27-68(127)128)78(133)102-42(7)74(129)106-60(33-65(94)124)80(135)103-43(8)75(130)111-62(90(145)146)32-49-36-100-54-23-17-15-20-51(49)54/h14-17,19-20,22-23,35-36,39-47,52,55-63,69-73,99-100,118-122H,13,18,21,24-34,37-38,92H2,1-12H3,(H2,93,123)(H2,94,124)(H2,95,125)(H,101,132)(H,102,133)(H,103,135)(H,104,141)(H,105,142)(H,106,129)(H,107,137)(H,108,136)(H,109,134)(H,110,140)(H,111,130)(H,112,143)(H,113,126)(H,114,131)(H,115,138)(H,116,139)(H,117,144)(H,127,128)(H,145,146)(H4,96,97,98)/t41-,42-,43-,44+,45+,46+,47+,52-,55-,56-,57-,58-,59-,60-,61-,62-,63-,69-,70-,71-,72-,73-/m0/s1. The van der Waals surface area contributed by atoms with Crippen molar-refractivity contribution in [2.75, 3.05) is 19.7 Å². The molecule has 146 heavy (non-hydrogen) atoms. The van der Waals surface area contributed by atoms with E-state index in [4.69, 9.17) is 34.1 Å². The van der Waals surface area contributed by atoms with Crippen LogP contribution in [0.1, 0.15) is 165 Å². The van der Waals surface area contributed by atoms with Gasteiger partial charge in [0.05, 0.1) is 56.5 Å². The number of aliphatic carboxylic acids is 2. The van der Waals surface area contributed by atoms with Crippen LogP contribution in [-0.2, 0) is 118 Å². The maximum atomic E-state index is 15.1. The Bertz CT molecular complexity index is 5280. The summed E-state index contributed by atoms with van der Waals surface area (Å²) in [6, 6.07) is -16.2. The highest BCUT2D eigenvalue weighted by Crippen LogP contribution is 2.23. The maximum absolute atomic E-state index is 15.1. The minimum atomic E-state index is -2.11. The second-order valence-corrected chi connectivity index (χ2v) is 36.3. The first kappa shape index (κ1) is 123. The lowest BCUT2D eigenvalue weighted by molar-refractivity contribution is -0.142. The van der Waals surface area contributed by atoms with E-state index in [2.05, 4.69) is 106 Å². The Hall–Kier alpha value is -15.1. The van der Waals surface area contributed by atoms with Crippen molar-refractivity contribution < 1.29 is 141 Å². The summed E-state index contributed by atoms with van der Waals surface area (Å²) in [5.74, 6) is -28.3. The Labute approximate surface area is 838 Å². The summed E-state index contributed by atoms with van der Waals surface area (Å²) in [5, 5.41) is 124. The fourth-order valence-corrected chi connectivity index (χ4v) is 14.7. The van der Waals surface area contributed by atoms with E-state index in [-0.39, 0.29) is 57.5 Å². The maximum Gasteiger partial charge on any atom is 0.326 e. The zero-order valence-electron chi connectivity index (χ0n) is 82.9. The van der Waals surface area contributed by atoms with Crippen molar-refractivity contribution in [1.82, 2.24) is 106 Å². The molecule has 0 aliphatic carbocycles. The molecule has 2 aromatic carbocycles. The average Bonchev–Trinajstić information content (AvgIpc) is 1.68. The van der Waals surface area contributed by atoms with Crippen LogP contribution in [0.15, 0.2) is 60.9 Å². The van der Waals surface area contributed by atoms with Crippen LogP contribution in [0.25, 0.3) is 21.8 Å². The Morgan fingerprint density at radius 2 is 0.705 bits per heavy atom. The summed E-state index contributed by atoms with van der Waals surface area (Å²) >= 11 is 0. The van der Waals surface area contributed by atoms with Crippen molar-refractivity contribution in [3.63, 3.8) is 0 Å².